The topological polar surface area (TPSA) is 88.8 Å². The summed E-state index contributed by atoms with van der Waals surface area (Å²) < 4.78 is 10.2. The van der Waals surface area contributed by atoms with Gasteiger partial charge in [0.1, 0.15) is 6.26 Å². The molecule has 0 radical (unpaired) electrons. The predicted molar refractivity (Wildman–Crippen MR) is 66.1 cm³/mol. The molecule has 1 atom stereocenters. The van der Waals surface area contributed by atoms with Gasteiger partial charge in [0.2, 0.25) is 0 Å². The first-order valence-corrected chi connectivity index (χ1v) is 6.28. The molecule has 0 aliphatic carbocycles. The second-order valence-electron chi connectivity index (χ2n) is 4.72. The molecule has 104 valence electrons. The number of ether oxygens (including phenoxy) is 1. The second-order valence-corrected chi connectivity index (χ2v) is 4.72. The minimum absolute atomic E-state index is 0.00905. The summed E-state index contributed by atoms with van der Waals surface area (Å²) in [6, 6.07) is 1.24. The van der Waals surface area contributed by atoms with E-state index in [0.717, 1.165) is 32.3 Å². The predicted octanol–water partition coefficient (Wildman–Crippen LogP) is 1.52. The Bertz CT molecular complexity index is 461. The zero-order valence-electron chi connectivity index (χ0n) is 10.7. The molecule has 1 amide bonds. The van der Waals surface area contributed by atoms with Crippen LogP contribution in [0.3, 0.4) is 0 Å². The van der Waals surface area contributed by atoms with Gasteiger partial charge in [-0.1, -0.05) is 0 Å². The van der Waals surface area contributed by atoms with Crippen molar-refractivity contribution in [3.05, 3.63) is 23.7 Å². The maximum atomic E-state index is 11.9. The van der Waals surface area contributed by atoms with Gasteiger partial charge < -0.3 is 19.6 Å². The van der Waals surface area contributed by atoms with Gasteiger partial charge in [-0.3, -0.25) is 4.79 Å². The lowest BCUT2D eigenvalue weighted by Crippen LogP contribution is -2.40. The van der Waals surface area contributed by atoms with Gasteiger partial charge in [-0.2, -0.15) is 0 Å². The van der Waals surface area contributed by atoms with Crippen LogP contribution in [0.5, 0.6) is 0 Å². The van der Waals surface area contributed by atoms with Gasteiger partial charge in [0.15, 0.2) is 5.76 Å². The summed E-state index contributed by atoms with van der Waals surface area (Å²) in [4.78, 5) is 22.6. The second kappa shape index (κ2) is 5.88. The van der Waals surface area contributed by atoms with Crippen LogP contribution in [0.1, 0.15) is 40.7 Å². The third-order valence-corrected chi connectivity index (χ3v) is 3.40. The van der Waals surface area contributed by atoms with Crippen molar-refractivity contribution in [3.63, 3.8) is 0 Å². The third kappa shape index (κ3) is 3.35. The van der Waals surface area contributed by atoms with Crippen LogP contribution in [0.15, 0.2) is 16.7 Å². The average molecular weight is 267 g/mol. The molecule has 1 aromatic rings. The first-order valence-electron chi connectivity index (χ1n) is 6.28. The molecule has 1 saturated heterocycles. The number of amides is 1. The molecule has 1 aliphatic heterocycles. The first-order chi connectivity index (χ1) is 9.08. The Morgan fingerprint density at radius 3 is 2.68 bits per heavy atom. The average Bonchev–Trinajstić information content (AvgIpc) is 2.89. The van der Waals surface area contributed by atoms with Crippen LogP contribution < -0.4 is 5.32 Å². The summed E-state index contributed by atoms with van der Waals surface area (Å²) >= 11 is 0. The van der Waals surface area contributed by atoms with E-state index >= 15 is 0 Å². The van der Waals surface area contributed by atoms with E-state index in [9.17, 15) is 9.59 Å². The highest BCUT2D eigenvalue weighted by Gasteiger charge is 2.23. The number of carbonyl (C=O) groups excluding carboxylic acids is 1. The Labute approximate surface area is 110 Å². The van der Waals surface area contributed by atoms with Crippen molar-refractivity contribution in [1.29, 1.82) is 0 Å². The van der Waals surface area contributed by atoms with Crippen molar-refractivity contribution in [2.75, 3.05) is 13.2 Å². The van der Waals surface area contributed by atoms with Crippen LogP contribution in [0.25, 0.3) is 0 Å². The maximum absolute atomic E-state index is 11.9. The molecule has 2 rings (SSSR count). The van der Waals surface area contributed by atoms with Gasteiger partial charge >= 0.3 is 5.97 Å². The van der Waals surface area contributed by atoms with Gasteiger partial charge in [0.05, 0.1) is 5.56 Å². The Kier molecular flexibility index (Phi) is 4.21. The largest absolute Gasteiger partial charge is 0.478 e. The molecule has 6 heteroatoms. The molecular formula is C13H17NO5. The zero-order chi connectivity index (χ0) is 13.8. The maximum Gasteiger partial charge on any atom is 0.338 e. The molecule has 1 fully saturated rings. The van der Waals surface area contributed by atoms with E-state index in [1.165, 1.54) is 6.07 Å². The number of carboxylic acid groups (broad SMARTS) is 1. The lowest BCUT2D eigenvalue weighted by molar-refractivity contribution is 0.0534. The summed E-state index contributed by atoms with van der Waals surface area (Å²) in [5, 5.41) is 11.6. The van der Waals surface area contributed by atoms with E-state index in [-0.39, 0.29) is 23.3 Å². The Hall–Kier alpha value is -1.82. The van der Waals surface area contributed by atoms with Crippen LogP contribution in [0.4, 0.5) is 0 Å². The summed E-state index contributed by atoms with van der Waals surface area (Å²) in [5.41, 5.74) is -0.0242. The van der Waals surface area contributed by atoms with Crippen molar-refractivity contribution in [3.8, 4) is 0 Å². The first kappa shape index (κ1) is 13.6. The smallest absolute Gasteiger partial charge is 0.338 e. The number of rotatable bonds is 4. The zero-order valence-corrected chi connectivity index (χ0v) is 10.7. The molecule has 6 nitrogen and oxygen atoms in total. The van der Waals surface area contributed by atoms with E-state index in [1.54, 1.807) is 0 Å². The van der Waals surface area contributed by atoms with Crippen molar-refractivity contribution >= 4 is 11.9 Å². The Balaban J connectivity index is 1.93. The van der Waals surface area contributed by atoms with Gasteiger partial charge in [0, 0.05) is 25.3 Å². The fourth-order valence-corrected chi connectivity index (χ4v) is 2.18. The summed E-state index contributed by atoms with van der Waals surface area (Å²) in [7, 11) is 0. The number of furan rings is 1. The number of hydrogen-bond donors (Lipinski definition) is 2. The quantitative estimate of drug-likeness (QED) is 0.863. The molecule has 0 spiro atoms. The summed E-state index contributed by atoms with van der Waals surface area (Å²) in [5.74, 6) is -1.09. The molecule has 0 bridgehead atoms. The molecule has 0 aromatic carbocycles. The molecule has 0 saturated carbocycles. The Morgan fingerprint density at radius 2 is 2.11 bits per heavy atom. The minimum atomic E-state index is -1.11. The number of nitrogens with one attached hydrogen (secondary N) is 1. The fourth-order valence-electron chi connectivity index (χ4n) is 2.18. The molecule has 1 aliphatic rings. The minimum Gasteiger partial charge on any atom is -0.478 e. The van der Waals surface area contributed by atoms with E-state index < -0.39 is 5.97 Å². The summed E-state index contributed by atoms with van der Waals surface area (Å²) in [6.07, 6.45) is 2.90. The highest BCUT2D eigenvalue weighted by atomic mass is 16.5. The molecule has 1 unspecified atom stereocenters. The van der Waals surface area contributed by atoms with Crippen LogP contribution >= 0.6 is 0 Å². The normalized spacial score (nSPS) is 17.9. The van der Waals surface area contributed by atoms with Gasteiger partial charge in [-0.25, -0.2) is 4.79 Å². The van der Waals surface area contributed by atoms with Gasteiger partial charge in [-0.15, -0.1) is 0 Å². The number of carboxylic acids is 1. The SMILES string of the molecule is CC(NC(=O)c1cc(C(=O)O)co1)C1CCOCC1. The number of aromatic carboxylic acids is 1. The van der Waals surface area contributed by atoms with E-state index in [0.29, 0.717) is 5.92 Å². The van der Waals surface area contributed by atoms with Gasteiger partial charge in [-0.05, 0) is 25.7 Å². The highest BCUT2D eigenvalue weighted by molar-refractivity contribution is 5.95. The van der Waals surface area contributed by atoms with Crippen LogP contribution in [-0.4, -0.2) is 36.2 Å². The van der Waals surface area contributed by atoms with Crippen LogP contribution in [0.2, 0.25) is 0 Å². The van der Waals surface area contributed by atoms with E-state index in [1.807, 2.05) is 6.92 Å². The number of carbonyl (C=O) groups is 2. The van der Waals surface area contributed by atoms with Crippen molar-refractivity contribution in [2.45, 2.75) is 25.8 Å². The monoisotopic (exact) mass is 267 g/mol. The van der Waals surface area contributed by atoms with Crippen molar-refractivity contribution < 1.29 is 23.8 Å². The Morgan fingerprint density at radius 1 is 1.42 bits per heavy atom. The van der Waals surface area contributed by atoms with E-state index in [2.05, 4.69) is 5.32 Å². The highest BCUT2D eigenvalue weighted by Crippen LogP contribution is 2.19. The molecule has 19 heavy (non-hydrogen) atoms. The molecular weight excluding hydrogens is 250 g/mol. The van der Waals surface area contributed by atoms with Gasteiger partial charge in [0.25, 0.3) is 5.91 Å². The molecule has 2 heterocycles. The lowest BCUT2D eigenvalue weighted by Gasteiger charge is -2.28. The fraction of sp³-hybridized carbons (Fsp3) is 0.538. The van der Waals surface area contributed by atoms with Crippen molar-refractivity contribution in [1.82, 2.24) is 5.32 Å². The lowest BCUT2D eigenvalue weighted by atomic mass is 9.93. The van der Waals surface area contributed by atoms with Crippen LogP contribution in [0, 0.1) is 5.92 Å². The third-order valence-electron chi connectivity index (χ3n) is 3.40. The standard InChI is InChI=1S/C13H17NO5/c1-8(9-2-4-18-5-3-9)14-12(15)11-6-10(7-19-11)13(16)17/h6-9H,2-5H2,1H3,(H,14,15)(H,16,17). The summed E-state index contributed by atoms with van der Waals surface area (Å²) in [6.45, 7) is 3.37. The van der Waals surface area contributed by atoms with Crippen LogP contribution in [-0.2, 0) is 4.74 Å². The molecule has 1 aromatic heterocycles. The molecule has 2 N–H and O–H groups in total. The van der Waals surface area contributed by atoms with Crippen molar-refractivity contribution in [2.24, 2.45) is 5.92 Å². The van der Waals surface area contributed by atoms with E-state index in [4.69, 9.17) is 14.3 Å². The number of hydrogen-bond acceptors (Lipinski definition) is 4.